The van der Waals surface area contributed by atoms with Gasteiger partial charge in [-0.05, 0) is 24.1 Å². The molecule has 2 rings (SSSR count). The van der Waals surface area contributed by atoms with Crippen LogP contribution < -0.4 is 11.5 Å². The first-order valence-corrected chi connectivity index (χ1v) is 6.38. The van der Waals surface area contributed by atoms with E-state index in [1.807, 2.05) is 6.92 Å². The number of amides is 1. The lowest BCUT2D eigenvalue weighted by molar-refractivity contribution is 0.1000. The molecule has 0 saturated carbocycles. The number of benzene rings is 1. The molecule has 1 aromatic heterocycles. The van der Waals surface area contributed by atoms with Gasteiger partial charge in [0.2, 0.25) is 0 Å². The molecule has 0 aliphatic carbocycles. The van der Waals surface area contributed by atoms with E-state index in [0.29, 0.717) is 17.5 Å². The SMILES string of the molecule is CCC(N)C(c1cccc(F)c1)n1cc(C(N)=O)cn1. The summed E-state index contributed by atoms with van der Waals surface area (Å²) in [4.78, 5) is 11.1. The molecule has 4 N–H and O–H groups in total. The summed E-state index contributed by atoms with van der Waals surface area (Å²) < 4.78 is 15.0. The second-order valence-electron chi connectivity index (χ2n) is 4.65. The third-order valence-corrected chi connectivity index (χ3v) is 3.24. The Bertz CT molecular complexity index is 611. The van der Waals surface area contributed by atoms with Crippen molar-refractivity contribution in [3.63, 3.8) is 0 Å². The highest BCUT2D eigenvalue weighted by Crippen LogP contribution is 2.23. The molecule has 0 radical (unpaired) electrons. The maximum atomic E-state index is 13.4. The van der Waals surface area contributed by atoms with Gasteiger partial charge in [-0.1, -0.05) is 19.1 Å². The van der Waals surface area contributed by atoms with Crippen molar-refractivity contribution in [1.29, 1.82) is 0 Å². The van der Waals surface area contributed by atoms with Gasteiger partial charge < -0.3 is 11.5 Å². The highest BCUT2D eigenvalue weighted by atomic mass is 19.1. The maximum absolute atomic E-state index is 13.4. The Balaban J connectivity index is 2.44. The first-order chi connectivity index (χ1) is 9.52. The van der Waals surface area contributed by atoms with Crippen molar-refractivity contribution in [2.45, 2.75) is 25.4 Å². The van der Waals surface area contributed by atoms with Crippen LogP contribution in [0.3, 0.4) is 0 Å². The summed E-state index contributed by atoms with van der Waals surface area (Å²) in [5, 5.41) is 4.13. The fourth-order valence-electron chi connectivity index (χ4n) is 2.13. The van der Waals surface area contributed by atoms with Crippen molar-refractivity contribution in [2.24, 2.45) is 11.5 Å². The summed E-state index contributed by atoms with van der Waals surface area (Å²) in [7, 11) is 0. The Morgan fingerprint density at radius 1 is 1.50 bits per heavy atom. The fourth-order valence-corrected chi connectivity index (χ4v) is 2.13. The monoisotopic (exact) mass is 276 g/mol. The van der Waals surface area contributed by atoms with E-state index in [0.717, 1.165) is 0 Å². The van der Waals surface area contributed by atoms with Crippen molar-refractivity contribution < 1.29 is 9.18 Å². The zero-order valence-electron chi connectivity index (χ0n) is 11.2. The van der Waals surface area contributed by atoms with Gasteiger partial charge in [0.15, 0.2) is 0 Å². The molecule has 106 valence electrons. The van der Waals surface area contributed by atoms with Crippen molar-refractivity contribution >= 4 is 5.91 Å². The second kappa shape index (κ2) is 5.83. The van der Waals surface area contributed by atoms with Crippen LogP contribution in [0.2, 0.25) is 0 Å². The van der Waals surface area contributed by atoms with Crippen molar-refractivity contribution in [2.75, 3.05) is 0 Å². The Morgan fingerprint density at radius 3 is 2.80 bits per heavy atom. The van der Waals surface area contributed by atoms with Crippen LogP contribution in [0.5, 0.6) is 0 Å². The molecule has 0 fully saturated rings. The van der Waals surface area contributed by atoms with Gasteiger partial charge >= 0.3 is 0 Å². The van der Waals surface area contributed by atoms with E-state index < -0.39 is 5.91 Å². The Morgan fingerprint density at radius 2 is 2.25 bits per heavy atom. The Labute approximate surface area is 116 Å². The van der Waals surface area contributed by atoms with Gasteiger partial charge in [-0.3, -0.25) is 9.48 Å². The molecule has 1 aromatic carbocycles. The first kappa shape index (κ1) is 14.2. The number of aromatic nitrogens is 2. The van der Waals surface area contributed by atoms with Gasteiger partial charge in [-0.2, -0.15) is 5.10 Å². The highest BCUT2D eigenvalue weighted by Gasteiger charge is 2.22. The van der Waals surface area contributed by atoms with Gasteiger partial charge in [-0.25, -0.2) is 4.39 Å². The number of hydrogen-bond donors (Lipinski definition) is 2. The Hall–Kier alpha value is -2.21. The van der Waals surface area contributed by atoms with E-state index in [1.165, 1.54) is 24.5 Å². The molecule has 20 heavy (non-hydrogen) atoms. The zero-order valence-corrected chi connectivity index (χ0v) is 11.2. The summed E-state index contributed by atoms with van der Waals surface area (Å²) in [5.41, 5.74) is 12.3. The van der Waals surface area contributed by atoms with Crippen LogP contribution in [0.4, 0.5) is 4.39 Å². The summed E-state index contributed by atoms with van der Waals surface area (Å²) in [6.07, 6.45) is 3.61. The fraction of sp³-hybridized carbons (Fsp3) is 0.286. The first-order valence-electron chi connectivity index (χ1n) is 6.38. The van der Waals surface area contributed by atoms with Crippen LogP contribution in [-0.4, -0.2) is 21.7 Å². The number of nitrogens with two attached hydrogens (primary N) is 2. The van der Waals surface area contributed by atoms with E-state index in [1.54, 1.807) is 16.8 Å². The van der Waals surface area contributed by atoms with Crippen LogP contribution in [0.25, 0.3) is 0 Å². The van der Waals surface area contributed by atoms with Crippen molar-refractivity contribution in [3.05, 3.63) is 53.6 Å². The molecule has 0 spiro atoms. The molecular formula is C14H17FN4O. The molecule has 0 aliphatic heterocycles. The molecule has 0 bridgehead atoms. The summed E-state index contributed by atoms with van der Waals surface area (Å²) in [6, 6.07) is 5.61. The smallest absolute Gasteiger partial charge is 0.251 e. The predicted molar refractivity (Wildman–Crippen MR) is 73.6 cm³/mol. The Kier molecular flexibility index (Phi) is 4.14. The number of rotatable bonds is 5. The maximum Gasteiger partial charge on any atom is 0.251 e. The summed E-state index contributed by atoms with van der Waals surface area (Å²) in [5.74, 6) is -0.891. The van der Waals surface area contributed by atoms with Gasteiger partial charge in [0.05, 0.1) is 17.8 Å². The number of carbonyl (C=O) groups excluding carboxylic acids is 1. The van der Waals surface area contributed by atoms with Crippen molar-refractivity contribution in [3.8, 4) is 0 Å². The lowest BCUT2D eigenvalue weighted by Gasteiger charge is -2.24. The van der Waals surface area contributed by atoms with E-state index >= 15 is 0 Å². The molecule has 0 aliphatic rings. The number of carbonyl (C=O) groups is 1. The zero-order chi connectivity index (χ0) is 14.7. The minimum absolute atomic E-state index is 0.252. The topological polar surface area (TPSA) is 86.9 Å². The second-order valence-corrected chi connectivity index (χ2v) is 4.65. The molecule has 2 atom stereocenters. The molecule has 1 amide bonds. The van der Waals surface area contributed by atoms with E-state index in [4.69, 9.17) is 11.5 Å². The van der Waals surface area contributed by atoms with E-state index in [-0.39, 0.29) is 17.9 Å². The average Bonchev–Trinajstić information content (AvgIpc) is 2.88. The molecule has 2 unspecified atom stereocenters. The predicted octanol–water partition coefficient (Wildman–Crippen LogP) is 1.45. The minimum Gasteiger partial charge on any atom is -0.366 e. The quantitative estimate of drug-likeness (QED) is 0.866. The number of nitrogens with zero attached hydrogens (tertiary/aromatic N) is 2. The molecular weight excluding hydrogens is 259 g/mol. The van der Waals surface area contributed by atoms with Crippen LogP contribution >= 0.6 is 0 Å². The molecule has 2 aromatic rings. The van der Waals surface area contributed by atoms with Crippen LogP contribution in [0, 0.1) is 5.82 Å². The molecule has 0 saturated heterocycles. The van der Waals surface area contributed by atoms with Crippen molar-refractivity contribution in [1.82, 2.24) is 9.78 Å². The lowest BCUT2D eigenvalue weighted by Crippen LogP contribution is -2.33. The number of halogens is 1. The van der Waals surface area contributed by atoms with Crippen LogP contribution in [-0.2, 0) is 0 Å². The van der Waals surface area contributed by atoms with Crippen LogP contribution in [0.15, 0.2) is 36.7 Å². The molecule has 5 nitrogen and oxygen atoms in total. The molecule has 1 heterocycles. The van der Waals surface area contributed by atoms with Gasteiger partial charge in [-0.15, -0.1) is 0 Å². The normalized spacial score (nSPS) is 13.9. The van der Waals surface area contributed by atoms with Gasteiger partial charge in [0, 0.05) is 12.2 Å². The summed E-state index contributed by atoms with van der Waals surface area (Å²) >= 11 is 0. The average molecular weight is 276 g/mol. The third kappa shape index (κ3) is 2.85. The lowest BCUT2D eigenvalue weighted by atomic mass is 9.98. The van der Waals surface area contributed by atoms with E-state index in [9.17, 15) is 9.18 Å². The summed E-state index contributed by atoms with van der Waals surface area (Å²) in [6.45, 7) is 1.94. The van der Waals surface area contributed by atoms with Gasteiger partial charge in [0.25, 0.3) is 5.91 Å². The van der Waals surface area contributed by atoms with E-state index in [2.05, 4.69) is 5.10 Å². The highest BCUT2D eigenvalue weighted by molar-refractivity contribution is 5.92. The number of primary amides is 1. The van der Waals surface area contributed by atoms with Crippen LogP contribution in [0.1, 0.15) is 35.3 Å². The minimum atomic E-state index is -0.556. The number of hydrogen-bond acceptors (Lipinski definition) is 3. The third-order valence-electron chi connectivity index (χ3n) is 3.24. The molecule has 6 heteroatoms. The van der Waals surface area contributed by atoms with Gasteiger partial charge in [0.1, 0.15) is 5.82 Å². The standard InChI is InChI=1S/C14H17FN4O/c1-2-12(16)13(9-4-3-5-11(15)6-9)19-8-10(7-18-19)14(17)20/h3-8,12-13H,2,16H2,1H3,(H2,17,20). The largest absolute Gasteiger partial charge is 0.366 e.